The van der Waals surface area contributed by atoms with Crippen LogP contribution in [0, 0.1) is 5.92 Å². The van der Waals surface area contributed by atoms with Gasteiger partial charge in [0.25, 0.3) is 0 Å². The quantitative estimate of drug-likeness (QED) is 0.844. The molecule has 1 aliphatic rings. The fraction of sp³-hybridized carbons (Fsp3) is 0.625. The molecule has 0 saturated heterocycles. The van der Waals surface area contributed by atoms with Crippen molar-refractivity contribution in [2.75, 3.05) is 0 Å². The van der Waals surface area contributed by atoms with Gasteiger partial charge in [0, 0.05) is 6.04 Å². The lowest BCUT2D eigenvalue weighted by atomic mass is 9.95. The number of halogens is 3. The summed E-state index contributed by atoms with van der Waals surface area (Å²) in [4.78, 5) is 0. The predicted molar refractivity (Wildman–Crippen MR) is 74.3 cm³/mol. The Morgan fingerprint density at radius 1 is 1.10 bits per heavy atom. The maximum atomic E-state index is 12.5. The van der Waals surface area contributed by atoms with Gasteiger partial charge in [-0.05, 0) is 42.9 Å². The zero-order valence-corrected chi connectivity index (χ0v) is 11.6. The van der Waals surface area contributed by atoms with Gasteiger partial charge in [0.1, 0.15) is 0 Å². The number of alkyl halides is 3. The molecule has 0 aliphatic heterocycles. The molecule has 4 heteroatoms. The highest BCUT2D eigenvalue weighted by Crippen LogP contribution is 2.30. The highest BCUT2D eigenvalue weighted by molar-refractivity contribution is 5.25. The Morgan fingerprint density at radius 3 is 2.25 bits per heavy atom. The Hall–Kier alpha value is -1.03. The van der Waals surface area contributed by atoms with Crippen molar-refractivity contribution >= 4 is 0 Å². The van der Waals surface area contributed by atoms with E-state index in [1.54, 1.807) is 0 Å². The SMILES string of the molecule is NC(CCC1CCCC1)Cc1ccc(C(F)(F)F)cc1. The molecule has 20 heavy (non-hydrogen) atoms. The summed E-state index contributed by atoms with van der Waals surface area (Å²) in [5.74, 6) is 0.814. The van der Waals surface area contributed by atoms with Gasteiger partial charge in [0.2, 0.25) is 0 Å². The highest BCUT2D eigenvalue weighted by atomic mass is 19.4. The van der Waals surface area contributed by atoms with Crippen LogP contribution in [0.25, 0.3) is 0 Å². The molecule has 1 fully saturated rings. The monoisotopic (exact) mass is 285 g/mol. The van der Waals surface area contributed by atoms with Crippen molar-refractivity contribution < 1.29 is 13.2 Å². The summed E-state index contributed by atoms with van der Waals surface area (Å²) in [5, 5.41) is 0. The van der Waals surface area contributed by atoms with E-state index >= 15 is 0 Å². The van der Waals surface area contributed by atoms with Crippen LogP contribution in [-0.4, -0.2) is 6.04 Å². The number of hydrogen-bond donors (Lipinski definition) is 1. The smallest absolute Gasteiger partial charge is 0.327 e. The summed E-state index contributed by atoms with van der Waals surface area (Å²) < 4.78 is 37.4. The molecule has 0 heterocycles. The minimum Gasteiger partial charge on any atom is -0.327 e. The molecular weight excluding hydrogens is 263 g/mol. The van der Waals surface area contributed by atoms with Gasteiger partial charge in [0.05, 0.1) is 5.56 Å². The maximum Gasteiger partial charge on any atom is 0.416 e. The molecule has 2 N–H and O–H groups in total. The van der Waals surface area contributed by atoms with E-state index in [0.717, 1.165) is 36.5 Å². The Bertz CT molecular complexity index is 405. The lowest BCUT2D eigenvalue weighted by molar-refractivity contribution is -0.137. The van der Waals surface area contributed by atoms with Gasteiger partial charge in [-0.15, -0.1) is 0 Å². The molecule has 0 bridgehead atoms. The van der Waals surface area contributed by atoms with E-state index in [1.807, 2.05) is 0 Å². The first-order valence-corrected chi connectivity index (χ1v) is 7.37. The molecule has 0 radical (unpaired) electrons. The molecule has 1 nitrogen and oxygen atoms in total. The first-order valence-electron chi connectivity index (χ1n) is 7.37. The minimum absolute atomic E-state index is 0.0485. The van der Waals surface area contributed by atoms with Gasteiger partial charge in [0.15, 0.2) is 0 Å². The molecule has 1 aromatic rings. The number of hydrogen-bond acceptors (Lipinski definition) is 1. The van der Waals surface area contributed by atoms with E-state index in [1.165, 1.54) is 37.8 Å². The maximum absolute atomic E-state index is 12.5. The van der Waals surface area contributed by atoms with E-state index in [9.17, 15) is 13.2 Å². The molecule has 1 aromatic carbocycles. The molecular formula is C16H22F3N. The molecule has 112 valence electrons. The Kier molecular flexibility index (Phi) is 5.08. The summed E-state index contributed by atoms with van der Waals surface area (Å²) in [6.07, 6.45) is 3.80. The summed E-state index contributed by atoms with van der Waals surface area (Å²) in [5.41, 5.74) is 6.37. The van der Waals surface area contributed by atoms with Crippen LogP contribution in [0.1, 0.15) is 49.7 Å². The third kappa shape index (κ3) is 4.51. The normalized spacial score (nSPS) is 18.4. The van der Waals surface area contributed by atoms with Crippen LogP contribution < -0.4 is 5.73 Å². The van der Waals surface area contributed by atoms with Crippen LogP contribution in [0.3, 0.4) is 0 Å². The zero-order chi connectivity index (χ0) is 14.6. The first-order chi connectivity index (χ1) is 9.45. The second kappa shape index (κ2) is 6.61. The Morgan fingerprint density at radius 2 is 1.70 bits per heavy atom. The van der Waals surface area contributed by atoms with Crippen LogP contribution in [0.4, 0.5) is 13.2 Å². The fourth-order valence-corrected chi connectivity index (χ4v) is 2.98. The first kappa shape index (κ1) is 15.4. The molecule has 0 amide bonds. The van der Waals surface area contributed by atoms with E-state index in [2.05, 4.69) is 0 Å². The van der Waals surface area contributed by atoms with Crippen molar-refractivity contribution in [2.45, 2.75) is 57.2 Å². The van der Waals surface area contributed by atoms with Gasteiger partial charge < -0.3 is 5.73 Å². The topological polar surface area (TPSA) is 26.0 Å². The average Bonchev–Trinajstić information content (AvgIpc) is 2.89. The fourth-order valence-electron chi connectivity index (χ4n) is 2.98. The van der Waals surface area contributed by atoms with Gasteiger partial charge in [-0.3, -0.25) is 0 Å². The summed E-state index contributed by atoms with van der Waals surface area (Å²) in [6, 6.07) is 5.40. The molecule has 0 spiro atoms. The average molecular weight is 285 g/mol. The van der Waals surface area contributed by atoms with Crippen LogP contribution >= 0.6 is 0 Å². The van der Waals surface area contributed by atoms with Crippen LogP contribution in [0.5, 0.6) is 0 Å². The number of benzene rings is 1. The minimum atomic E-state index is -4.26. The second-order valence-electron chi connectivity index (χ2n) is 5.89. The van der Waals surface area contributed by atoms with Crippen molar-refractivity contribution in [1.82, 2.24) is 0 Å². The predicted octanol–water partition coefficient (Wildman–Crippen LogP) is 4.55. The lowest BCUT2D eigenvalue weighted by Gasteiger charge is -2.15. The third-order valence-electron chi connectivity index (χ3n) is 4.20. The largest absolute Gasteiger partial charge is 0.416 e. The van der Waals surface area contributed by atoms with Crippen LogP contribution in [-0.2, 0) is 12.6 Å². The molecule has 0 aromatic heterocycles. The Balaban J connectivity index is 1.80. The molecule has 1 aliphatic carbocycles. The zero-order valence-electron chi connectivity index (χ0n) is 11.6. The standard InChI is InChI=1S/C16H22F3N/c17-16(18,19)14-8-5-13(6-9-14)11-15(20)10-7-12-3-1-2-4-12/h5-6,8-9,12,15H,1-4,7,10-11,20H2. The van der Waals surface area contributed by atoms with Gasteiger partial charge in [-0.2, -0.15) is 13.2 Å². The van der Waals surface area contributed by atoms with Crippen molar-refractivity contribution in [3.05, 3.63) is 35.4 Å². The summed E-state index contributed by atoms with van der Waals surface area (Å²) in [7, 11) is 0. The van der Waals surface area contributed by atoms with E-state index in [4.69, 9.17) is 5.73 Å². The van der Waals surface area contributed by atoms with Crippen molar-refractivity contribution in [1.29, 1.82) is 0 Å². The number of nitrogens with two attached hydrogens (primary N) is 1. The molecule has 2 rings (SSSR count). The van der Waals surface area contributed by atoms with Crippen molar-refractivity contribution in [3.8, 4) is 0 Å². The van der Waals surface area contributed by atoms with E-state index in [0.29, 0.717) is 6.42 Å². The summed E-state index contributed by atoms with van der Waals surface area (Å²) in [6.45, 7) is 0. The van der Waals surface area contributed by atoms with Gasteiger partial charge in [-0.25, -0.2) is 0 Å². The van der Waals surface area contributed by atoms with Crippen LogP contribution in [0.2, 0.25) is 0 Å². The second-order valence-corrected chi connectivity index (χ2v) is 5.89. The highest BCUT2D eigenvalue weighted by Gasteiger charge is 2.29. The van der Waals surface area contributed by atoms with E-state index < -0.39 is 11.7 Å². The van der Waals surface area contributed by atoms with Crippen molar-refractivity contribution in [3.63, 3.8) is 0 Å². The van der Waals surface area contributed by atoms with Crippen LogP contribution in [0.15, 0.2) is 24.3 Å². The van der Waals surface area contributed by atoms with Gasteiger partial charge >= 0.3 is 6.18 Å². The third-order valence-corrected chi connectivity index (χ3v) is 4.20. The summed E-state index contributed by atoms with van der Waals surface area (Å²) >= 11 is 0. The van der Waals surface area contributed by atoms with E-state index in [-0.39, 0.29) is 6.04 Å². The number of rotatable bonds is 5. The molecule has 1 saturated carbocycles. The molecule has 1 atom stereocenters. The van der Waals surface area contributed by atoms with Crippen molar-refractivity contribution in [2.24, 2.45) is 11.7 Å². The molecule has 1 unspecified atom stereocenters. The Labute approximate surface area is 118 Å². The van der Waals surface area contributed by atoms with Gasteiger partial charge in [-0.1, -0.05) is 37.8 Å². The lowest BCUT2D eigenvalue weighted by Crippen LogP contribution is -2.23.